The molecule has 4 nitrogen and oxygen atoms in total. The molecule has 0 saturated carbocycles. The second-order valence-electron chi connectivity index (χ2n) is 4.80. The molecular formula is C13H16BrN3O. The molecule has 2 unspecified atom stereocenters. The Hall–Kier alpha value is -0.910. The third kappa shape index (κ3) is 2.18. The maximum absolute atomic E-state index is 12.2. The zero-order valence-electron chi connectivity index (χ0n) is 10.0. The van der Waals surface area contributed by atoms with E-state index < -0.39 is 0 Å². The summed E-state index contributed by atoms with van der Waals surface area (Å²) in [6, 6.07) is 8.29. The zero-order chi connectivity index (χ0) is 12.5. The van der Waals surface area contributed by atoms with Crippen molar-refractivity contribution in [3.05, 3.63) is 34.3 Å². The van der Waals surface area contributed by atoms with Crippen molar-refractivity contribution < 1.29 is 4.79 Å². The summed E-state index contributed by atoms with van der Waals surface area (Å²) in [6.45, 7) is 3.57. The quantitative estimate of drug-likeness (QED) is 0.810. The van der Waals surface area contributed by atoms with Gasteiger partial charge in [-0.25, -0.2) is 0 Å². The summed E-state index contributed by atoms with van der Waals surface area (Å²) >= 11 is 3.47. The predicted octanol–water partition coefficient (Wildman–Crippen LogP) is 0.894. The molecule has 2 fully saturated rings. The number of hydrogen-bond donors (Lipinski definition) is 2. The number of hydrogen-bond acceptors (Lipinski definition) is 3. The monoisotopic (exact) mass is 309 g/mol. The second kappa shape index (κ2) is 4.99. The van der Waals surface area contributed by atoms with Crippen molar-refractivity contribution in [2.75, 3.05) is 26.2 Å². The average molecular weight is 310 g/mol. The van der Waals surface area contributed by atoms with E-state index in [0.29, 0.717) is 6.04 Å². The van der Waals surface area contributed by atoms with E-state index in [4.69, 9.17) is 0 Å². The minimum absolute atomic E-state index is 0.117. The van der Waals surface area contributed by atoms with Crippen LogP contribution in [0.15, 0.2) is 28.7 Å². The fraction of sp³-hybridized carbons (Fsp3) is 0.462. The van der Waals surface area contributed by atoms with Crippen LogP contribution in [0.4, 0.5) is 0 Å². The number of rotatable bonds is 1. The Labute approximate surface area is 115 Å². The van der Waals surface area contributed by atoms with Crippen molar-refractivity contribution >= 4 is 21.8 Å². The van der Waals surface area contributed by atoms with Gasteiger partial charge < -0.3 is 10.6 Å². The van der Waals surface area contributed by atoms with Crippen LogP contribution in [-0.4, -0.2) is 43.0 Å². The van der Waals surface area contributed by atoms with Crippen molar-refractivity contribution in [3.63, 3.8) is 0 Å². The Morgan fingerprint density at radius 1 is 1.33 bits per heavy atom. The lowest BCUT2D eigenvalue weighted by molar-refractivity contribution is -0.132. The van der Waals surface area contributed by atoms with E-state index in [2.05, 4.69) is 31.5 Å². The summed E-state index contributed by atoms with van der Waals surface area (Å²) in [4.78, 5) is 14.5. The van der Waals surface area contributed by atoms with Crippen molar-refractivity contribution in [3.8, 4) is 0 Å². The highest BCUT2D eigenvalue weighted by Crippen LogP contribution is 2.28. The molecule has 0 radical (unpaired) electrons. The van der Waals surface area contributed by atoms with Gasteiger partial charge in [-0.15, -0.1) is 0 Å². The highest BCUT2D eigenvalue weighted by Gasteiger charge is 2.38. The number of piperazine rings is 2. The van der Waals surface area contributed by atoms with Crippen molar-refractivity contribution in [1.29, 1.82) is 0 Å². The molecule has 2 N–H and O–H groups in total. The van der Waals surface area contributed by atoms with E-state index in [0.717, 1.165) is 36.2 Å². The van der Waals surface area contributed by atoms with Crippen LogP contribution in [0.3, 0.4) is 0 Å². The number of nitrogens with one attached hydrogen (secondary N) is 2. The van der Waals surface area contributed by atoms with E-state index in [1.165, 1.54) is 0 Å². The van der Waals surface area contributed by atoms with Crippen molar-refractivity contribution in [2.24, 2.45) is 0 Å². The van der Waals surface area contributed by atoms with Gasteiger partial charge in [-0.05, 0) is 17.7 Å². The molecule has 1 amide bonds. The molecule has 2 atom stereocenters. The van der Waals surface area contributed by atoms with Crippen LogP contribution in [0, 0.1) is 0 Å². The lowest BCUT2D eigenvalue weighted by Gasteiger charge is -2.44. The summed E-state index contributed by atoms with van der Waals surface area (Å²) in [5.74, 6) is 0.117. The largest absolute Gasteiger partial charge is 0.353 e. The number of carbonyl (C=O) groups excluding carboxylic acids is 1. The van der Waals surface area contributed by atoms with Gasteiger partial charge in [0.1, 0.15) is 6.04 Å². The third-order valence-electron chi connectivity index (χ3n) is 3.65. The predicted molar refractivity (Wildman–Crippen MR) is 73.3 cm³/mol. The average Bonchev–Trinajstić information content (AvgIpc) is 2.38. The first-order valence-corrected chi connectivity index (χ1v) is 7.04. The molecule has 96 valence electrons. The third-order valence-corrected chi connectivity index (χ3v) is 4.15. The van der Waals surface area contributed by atoms with Gasteiger partial charge in [0.05, 0.1) is 0 Å². The van der Waals surface area contributed by atoms with Crippen LogP contribution in [-0.2, 0) is 4.79 Å². The van der Waals surface area contributed by atoms with E-state index in [9.17, 15) is 4.79 Å². The maximum atomic E-state index is 12.2. The Morgan fingerprint density at radius 2 is 2.22 bits per heavy atom. The van der Waals surface area contributed by atoms with Crippen LogP contribution in [0.5, 0.6) is 0 Å². The molecule has 1 aromatic rings. The fourth-order valence-electron chi connectivity index (χ4n) is 2.79. The number of halogens is 1. The van der Waals surface area contributed by atoms with Gasteiger partial charge in [-0.3, -0.25) is 9.69 Å². The summed E-state index contributed by atoms with van der Waals surface area (Å²) in [5.41, 5.74) is 1.06. The van der Waals surface area contributed by atoms with E-state index in [1.807, 2.05) is 24.3 Å². The van der Waals surface area contributed by atoms with Gasteiger partial charge in [0, 0.05) is 36.7 Å². The molecule has 1 aromatic carbocycles. The van der Waals surface area contributed by atoms with Gasteiger partial charge in [-0.2, -0.15) is 0 Å². The molecule has 0 aliphatic carbocycles. The molecule has 3 rings (SSSR count). The first-order valence-electron chi connectivity index (χ1n) is 6.25. The van der Waals surface area contributed by atoms with Gasteiger partial charge >= 0.3 is 0 Å². The number of nitrogens with zero attached hydrogens (tertiary/aromatic N) is 1. The van der Waals surface area contributed by atoms with Crippen LogP contribution in [0.25, 0.3) is 0 Å². The normalized spacial score (nSPS) is 28.6. The number of amides is 1. The zero-order valence-corrected chi connectivity index (χ0v) is 11.6. The second-order valence-corrected chi connectivity index (χ2v) is 5.71. The van der Waals surface area contributed by atoms with Gasteiger partial charge in [-0.1, -0.05) is 28.1 Å². The molecule has 5 heteroatoms. The lowest BCUT2D eigenvalue weighted by atomic mass is 9.98. The Balaban J connectivity index is 1.93. The summed E-state index contributed by atoms with van der Waals surface area (Å²) < 4.78 is 1.02. The summed E-state index contributed by atoms with van der Waals surface area (Å²) in [6.07, 6.45) is 0. The van der Waals surface area contributed by atoms with E-state index >= 15 is 0 Å². The van der Waals surface area contributed by atoms with E-state index in [1.54, 1.807) is 0 Å². The molecular weight excluding hydrogens is 294 g/mol. The van der Waals surface area contributed by atoms with Crippen LogP contribution < -0.4 is 10.6 Å². The van der Waals surface area contributed by atoms with Crippen molar-refractivity contribution in [1.82, 2.24) is 15.5 Å². The maximum Gasteiger partial charge on any atom is 0.242 e. The number of benzene rings is 1. The van der Waals surface area contributed by atoms with Gasteiger partial charge in [0.2, 0.25) is 5.91 Å². The number of carbonyl (C=O) groups is 1. The topological polar surface area (TPSA) is 44.4 Å². The molecule has 0 spiro atoms. The van der Waals surface area contributed by atoms with Crippen LogP contribution in [0.1, 0.15) is 11.6 Å². The lowest BCUT2D eigenvalue weighted by Crippen LogP contribution is -2.63. The summed E-state index contributed by atoms with van der Waals surface area (Å²) in [7, 11) is 0. The molecule has 2 saturated heterocycles. The van der Waals surface area contributed by atoms with E-state index in [-0.39, 0.29) is 11.9 Å². The molecule has 0 bridgehead atoms. The van der Waals surface area contributed by atoms with Gasteiger partial charge in [0.15, 0.2) is 0 Å². The molecule has 0 aromatic heterocycles. The highest BCUT2D eigenvalue weighted by molar-refractivity contribution is 9.10. The minimum atomic E-state index is -0.150. The van der Waals surface area contributed by atoms with Crippen LogP contribution >= 0.6 is 15.9 Å². The Bertz CT molecular complexity index is 465. The molecule has 2 aliphatic rings. The Kier molecular flexibility index (Phi) is 3.37. The first-order chi connectivity index (χ1) is 8.75. The molecule has 2 heterocycles. The fourth-order valence-corrected chi connectivity index (χ4v) is 3.21. The minimum Gasteiger partial charge on any atom is -0.353 e. The SMILES string of the molecule is O=C1NCC2CNCCN2C1c1cccc(Br)c1. The Morgan fingerprint density at radius 3 is 3.06 bits per heavy atom. The summed E-state index contributed by atoms with van der Waals surface area (Å²) in [5, 5.41) is 6.39. The van der Waals surface area contributed by atoms with Crippen LogP contribution in [0.2, 0.25) is 0 Å². The first kappa shape index (κ1) is 12.1. The highest BCUT2D eigenvalue weighted by atomic mass is 79.9. The molecule has 2 aliphatic heterocycles. The smallest absolute Gasteiger partial charge is 0.242 e. The van der Waals surface area contributed by atoms with Crippen molar-refractivity contribution in [2.45, 2.75) is 12.1 Å². The number of fused-ring (bicyclic) bond motifs is 1. The molecule has 18 heavy (non-hydrogen) atoms. The van der Waals surface area contributed by atoms with Gasteiger partial charge in [0.25, 0.3) is 0 Å². The standard InChI is InChI=1S/C13H16BrN3O/c14-10-3-1-2-9(6-10)12-13(18)16-8-11-7-15-4-5-17(11)12/h1-3,6,11-12,15H,4-5,7-8H2,(H,16,18).